The summed E-state index contributed by atoms with van der Waals surface area (Å²) < 4.78 is 22.8. The van der Waals surface area contributed by atoms with Crippen LogP contribution in [0.15, 0.2) is 34.8 Å². The molecule has 0 radical (unpaired) electrons. The number of anilines is 1. The number of pyridine rings is 1. The number of rotatable bonds is 3. The van der Waals surface area contributed by atoms with Gasteiger partial charge in [0.05, 0.1) is 17.9 Å². The van der Waals surface area contributed by atoms with Gasteiger partial charge in [-0.2, -0.15) is 0 Å². The number of hydrogen-bond donors (Lipinski definition) is 1. The Hall–Kier alpha value is -1.40. The molecular formula is C14H16N2O2S2. The maximum absolute atomic E-state index is 11.4. The van der Waals surface area contributed by atoms with Gasteiger partial charge in [0.2, 0.25) is 0 Å². The summed E-state index contributed by atoms with van der Waals surface area (Å²) in [7, 11) is -3.23. The summed E-state index contributed by atoms with van der Waals surface area (Å²) in [4.78, 5) is 5.46. The lowest BCUT2D eigenvalue weighted by Crippen LogP contribution is -2.15. The van der Waals surface area contributed by atoms with Crippen LogP contribution in [0.4, 0.5) is 5.69 Å². The average molecular weight is 308 g/mol. The first-order valence-electron chi connectivity index (χ1n) is 6.53. The third-order valence-electron chi connectivity index (χ3n) is 3.51. The van der Waals surface area contributed by atoms with Crippen molar-refractivity contribution in [1.82, 2.24) is 4.98 Å². The summed E-state index contributed by atoms with van der Waals surface area (Å²) in [6, 6.07) is 5.81. The Kier molecular flexibility index (Phi) is 3.52. The molecule has 2 aromatic heterocycles. The topological polar surface area (TPSA) is 59.1 Å². The summed E-state index contributed by atoms with van der Waals surface area (Å²) in [5.41, 5.74) is 2.23. The molecule has 0 bridgehead atoms. The van der Waals surface area contributed by atoms with Crippen molar-refractivity contribution in [2.24, 2.45) is 0 Å². The van der Waals surface area contributed by atoms with Gasteiger partial charge in [0.15, 0.2) is 14.9 Å². The second-order valence-corrected chi connectivity index (χ2v) is 8.01. The maximum Gasteiger partial charge on any atom is 0.192 e. The monoisotopic (exact) mass is 308 g/mol. The number of aromatic nitrogens is 1. The van der Waals surface area contributed by atoms with Crippen molar-refractivity contribution < 1.29 is 8.42 Å². The molecule has 0 saturated heterocycles. The van der Waals surface area contributed by atoms with Gasteiger partial charge in [-0.1, -0.05) is 0 Å². The predicted molar refractivity (Wildman–Crippen MR) is 81.0 cm³/mol. The molecule has 1 aliphatic carbocycles. The molecule has 0 amide bonds. The molecule has 20 heavy (non-hydrogen) atoms. The minimum atomic E-state index is -3.23. The number of hydrogen-bond acceptors (Lipinski definition) is 5. The Morgan fingerprint density at radius 3 is 2.90 bits per heavy atom. The number of nitrogens with zero attached hydrogens (tertiary/aromatic N) is 1. The van der Waals surface area contributed by atoms with Crippen molar-refractivity contribution in [2.75, 3.05) is 11.6 Å². The van der Waals surface area contributed by atoms with E-state index in [4.69, 9.17) is 0 Å². The number of thiophene rings is 1. The molecule has 1 atom stereocenters. The Labute approximate surface area is 122 Å². The second kappa shape index (κ2) is 5.18. The van der Waals surface area contributed by atoms with Crippen LogP contribution in [0.5, 0.6) is 0 Å². The summed E-state index contributed by atoms with van der Waals surface area (Å²) in [5, 5.41) is 5.70. The summed E-state index contributed by atoms with van der Waals surface area (Å²) in [6.45, 7) is 0. The van der Waals surface area contributed by atoms with Crippen LogP contribution in [0.1, 0.15) is 29.3 Å². The molecule has 106 valence electrons. The SMILES string of the molecule is CS(=O)(=O)c1ccc(NC2CCCc3sccc32)cn1. The van der Waals surface area contributed by atoms with Crippen molar-refractivity contribution in [3.63, 3.8) is 0 Å². The molecule has 0 saturated carbocycles. The van der Waals surface area contributed by atoms with Crippen molar-refractivity contribution >= 4 is 26.9 Å². The van der Waals surface area contributed by atoms with Crippen LogP contribution >= 0.6 is 11.3 Å². The van der Waals surface area contributed by atoms with Gasteiger partial charge in [-0.3, -0.25) is 0 Å². The highest BCUT2D eigenvalue weighted by Gasteiger charge is 2.21. The second-order valence-electron chi connectivity index (χ2n) is 5.05. The smallest absolute Gasteiger partial charge is 0.192 e. The molecule has 1 N–H and O–H groups in total. The van der Waals surface area contributed by atoms with Crippen LogP contribution in [0.3, 0.4) is 0 Å². The van der Waals surface area contributed by atoms with E-state index in [0.717, 1.165) is 18.5 Å². The molecule has 3 rings (SSSR count). The van der Waals surface area contributed by atoms with Gasteiger partial charge in [0, 0.05) is 11.1 Å². The standard InChI is InChI=1S/C14H16N2O2S2/c1-20(17,18)14-6-5-10(9-15-14)16-12-3-2-4-13-11(12)7-8-19-13/h5-9,12,16H,2-4H2,1H3. The zero-order valence-electron chi connectivity index (χ0n) is 11.2. The molecule has 0 spiro atoms. The normalized spacial score (nSPS) is 18.6. The van der Waals surface area contributed by atoms with Crippen LogP contribution in [0, 0.1) is 0 Å². The predicted octanol–water partition coefficient (Wildman–Crippen LogP) is 3.04. The highest BCUT2D eigenvalue weighted by Crippen LogP contribution is 2.35. The van der Waals surface area contributed by atoms with Gasteiger partial charge in [-0.25, -0.2) is 13.4 Å². The van der Waals surface area contributed by atoms with Gasteiger partial charge in [0.1, 0.15) is 0 Å². The Morgan fingerprint density at radius 2 is 2.20 bits per heavy atom. The first kappa shape index (κ1) is 13.6. The van der Waals surface area contributed by atoms with Crippen LogP contribution in [0.25, 0.3) is 0 Å². The van der Waals surface area contributed by atoms with E-state index >= 15 is 0 Å². The molecule has 0 aromatic carbocycles. The molecule has 4 nitrogen and oxygen atoms in total. The first-order chi connectivity index (χ1) is 9.54. The Morgan fingerprint density at radius 1 is 1.35 bits per heavy atom. The fourth-order valence-corrected chi connectivity index (χ4v) is 4.07. The molecule has 2 aromatic rings. The zero-order chi connectivity index (χ0) is 14.2. The third kappa shape index (κ3) is 2.71. The van der Waals surface area contributed by atoms with E-state index in [9.17, 15) is 8.42 Å². The molecule has 1 unspecified atom stereocenters. The van der Waals surface area contributed by atoms with Crippen LogP contribution in [-0.2, 0) is 16.3 Å². The minimum absolute atomic E-state index is 0.114. The van der Waals surface area contributed by atoms with Gasteiger partial charge in [-0.05, 0) is 48.4 Å². The van der Waals surface area contributed by atoms with E-state index in [0.29, 0.717) is 6.04 Å². The van der Waals surface area contributed by atoms with E-state index in [1.54, 1.807) is 18.3 Å². The maximum atomic E-state index is 11.4. The fourth-order valence-electron chi connectivity index (χ4n) is 2.52. The number of nitrogens with one attached hydrogen (secondary N) is 1. The number of sulfone groups is 1. The van der Waals surface area contributed by atoms with Crippen LogP contribution in [-0.4, -0.2) is 19.7 Å². The van der Waals surface area contributed by atoms with Gasteiger partial charge in [0.25, 0.3) is 0 Å². The first-order valence-corrected chi connectivity index (χ1v) is 9.30. The lowest BCUT2D eigenvalue weighted by atomic mass is 9.94. The highest BCUT2D eigenvalue weighted by molar-refractivity contribution is 7.90. The summed E-state index contributed by atoms with van der Waals surface area (Å²) in [6.07, 6.45) is 6.20. The lowest BCUT2D eigenvalue weighted by molar-refractivity contribution is 0.598. The van der Waals surface area contributed by atoms with Crippen LogP contribution in [0.2, 0.25) is 0 Å². The van der Waals surface area contributed by atoms with E-state index in [-0.39, 0.29) is 5.03 Å². The molecular weight excluding hydrogens is 292 g/mol. The third-order valence-corrected chi connectivity index (χ3v) is 5.51. The van der Waals surface area contributed by atoms with Crippen LogP contribution < -0.4 is 5.32 Å². The minimum Gasteiger partial charge on any atom is -0.377 e. The molecule has 0 fully saturated rings. The average Bonchev–Trinajstić information content (AvgIpc) is 2.88. The Balaban J connectivity index is 1.80. The van der Waals surface area contributed by atoms with Crippen molar-refractivity contribution in [3.8, 4) is 0 Å². The van der Waals surface area contributed by atoms with Gasteiger partial charge < -0.3 is 5.32 Å². The molecule has 2 heterocycles. The number of fused-ring (bicyclic) bond motifs is 1. The zero-order valence-corrected chi connectivity index (χ0v) is 12.8. The lowest BCUT2D eigenvalue weighted by Gasteiger charge is -2.24. The van der Waals surface area contributed by atoms with E-state index < -0.39 is 9.84 Å². The van der Waals surface area contributed by atoms with E-state index in [1.165, 1.54) is 23.1 Å². The highest BCUT2D eigenvalue weighted by atomic mass is 32.2. The van der Waals surface area contributed by atoms with Crippen molar-refractivity contribution in [1.29, 1.82) is 0 Å². The summed E-state index contributed by atoms with van der Waals surface area (Å²) >= 11 is 1.81. The van der Waals surface area contributed by atoms with Gasteiger partial charge in [-0.15, -0.1) is 11.3 Å². The number of aryl methyl sites for hydroxylation is 1. The molecule has 6 heteroatoms. The Bertz CT molecular complexity index is 705. The molecule has 1 aliphatic rings. The van der Waals surface area contributed by atoms with Crippen molar-refractivity contribution in [2.45, 2.75) is 30.3 Å². The van der Waals surface area contributed by atoms with Gasteiger partial charge >= 0.3 is 0 Å². The summed E-state index contributed by atoms with van der Waals surface area (Å²) in [5.74, 6) is 0. The quantitative estimate of drug-likeness (QED) is 0.947. The largest absolute Gasteiger partial charge is 0.377 e. The fraction of sp³-hybridized carbons (Fsp3) is 0.357. The molecule has 0 aliphatic heterocycles. The van der Waals surface area contributed by atoms with E-state index in [2.05, 4.69) is 21.7 Å². The van der Waals surface area contributed by atoms with Crippen molar-refractivity contribution in [3.05, 3.63) is 40.2 Å². The van der Waals surface area contributed by atoms with E-state index in [1.807, 2.05) is 11.3 Å².